The van der Waals surface area contributed by atoms with Crippen LogP contribution in [0, 0.1) is 0 Å². The molecule has 0 heterocycles. The van der Waals surface area contributed by atoms with Gasteiger partial charge in [-0.3, -0.25) is 4.79 Å². The summed E-state index contributed by atoms with van der Waals surface area (Å²) in [6.45, 7) is 1.08. The minimum Gasteiger partial charge on any atom is -0.481 e. The summed E-state index contributed by atoms with van der Waals surface area (Å²) in [5.74, 6) is -0.833. The topological polar surface area (TPSA) is 89.3 Å². The molecular formula is C50H36N2O2Pd. The molecule has 0 saturated carbocycles. The molecule has 0 aromatic heterocycles. The average molecular weight is 803 g/mol. The molecule has 0 unspecified atom stereocenters. The third-order valence-corrected chi connectivity index (χ3v) is 10.5. The van der Waals surface area contributed by atoms with E-state index in [0.29, 0.717) is 0 Å². The van der Waals surface area contributed by atoms with Gasteiger partial charge >= 0.3 is 0 Å². The molecule has 0 aliphatic heterocycles. The van der Waals surface area contributed by atoms with Crippen molar-refractivity contribution in [2.24, 2.45) is 0 Å². The number of hydrogen-bond donors (Lipinski definition) is 3. The second-order valence-electron chi connectivity index (χ2n) is 13.8. The molecule has 5 N–H and O–H groups in total. The molecule has 0 bridgehead atoms. The summed E-state index contributed by atoms with van der Waals surface area (Å²) in [5, 5.41) is 22.5. The maximum absolute atomic E-state index is 9.00. The minimum atomic E-state index is -0.833. The van der Waals surface area contributed by atoms with Crippen LogP contribution in [0.1, 0.15) is 6.92 Å². The van der Waals surface area contributed by atoms with Gasteiger partial charge in [0.05, 0.1) is 0 Å². The number of carboxylic acids is 1. The van der Waals surface area contributed by atoms with Crippen molar-refractivity contribution in [3.63, 3.8) is 0 Å². The number of anilines is 2. The number of nitrogen functional groups attached to an aromatic ring is 2. The van der Waals surface area contributed by atoms with Gasteiger partial charge in [-0.2, -0.15) is 0 Å². The van der Waals surface area contributed by atoms with Crippen LogP contribution in [0.3, 0.4) is 0 Å². The fourth-order valence-corrected chi connectivity index (χ4v) is 8.22. The fourth-order valence-electron chi connectivity index (χ4n) is 8.22. The van der Waals surface area contributed by atoms with E-state index in [2.05, 4.69) is 158 Å². The fraction of sp³-hybridized carbons (Fsp3) is 0.0200. The van der Waals surface area contributed by atoms with Crippen LogP contribution in [0.15, 0.2) is 170 Å². The van der Waals surface area contributed by atoms with Crippen LogP contribution in [-0.2, 0) is 25.2 Å². The molecule has 0 saturated heterocycles. The number of nitrogens with two attached hydrogens (primary N) is 2. The van der Waals surface area contributed by atoms with Crippen molar-refractivity contribution < 1.29 is 30.3 Å². The average Bonchev–Trinajstić information content (AvgIpc) is 3.20. The summed E-state index contributed by atoms with van der Waals surface area (Å²) in [5.41, 5.74) is 21.2. The maximum atomic E-state index is 9.00. The number of fused-ring (bicyclic) bond motifs is 12. The molecule has 0 atom stereocenters. The van der Waals surface area contributed by atoms with Gasteiger partial charge in [0.15, 0.2) is 0 Å². The Hall–Kier alpha value is -6.51. The quantitative estimate of drug-likeness (QED) is 0.0943. The Bertz CT molecular complexity index is 2850. The number of benzene rings is 10. The zero-order valence-corrected chi connectivity index (χ0v) is 31.5. The van der Waals surface area contributed by atoms with Crippen molar-refractivity contribution in [2.45, 2.75) is 6.92 Å². The van der Waals surface area contributed by atoms with Gasteiger partial charge in [-0.1, -0.05) is 133 Å². The van der Waals surface area contributed by atoms with E-state index in [1.54, 1.807) is 0 Å². The molecule has 0 spiro atoms. The number of carboxylic acid groups (broad SMARTS) is 1. The summed E-state index contributed by atoms with van der Waals surface area (Å²) in [6, 6.07) is 61.1. The van der Waals surface area contributed by atoms with Gasteiger partial charge in [0.2, 0.25) is 0 Å². The normalized spacial score (nSPS) is 11.1. The van der Waals surface area contributed by atoms with E-state index in [0.717, 1.165) is 51.7 Å². The van der Waals surface area contributed by atoms with Gasteiger partial charge < -0.3 is 16.6 Å². The third kappa shape index (κ3) is 6.24. The molecule has 55 heavy (non-hydrogen) atoms. The van der Waals surface area contributed by atoms with E-state index in [1.165, 1.54) is 64.6 Å². The summed E-state index contributed by atoms with van der Waals surface area (Å²) in [4.78, 5) is 9.00. The van der Waals surface area contributed by atoms with E-state index in [9.17, 15) is 0 Å². The predicted octanol–water partition coefficient (Wildman–Crippen LogP) is 12.9. The van der Waals surface area contributed by atoms with Crippen LogP contribution in [-0.4, -0.2) is 11.1 Å². The van der Waals surface area contributed by atoms with Crippen LogP contribution in [0.2, 0.25) is 0 Å². The number of carbonyl (C=O) groups is 1. The van der Waals surface area contributed by atoms with Crippen molar-refractivity contribution in [3.8, 4) is 33.4 Å². The van der Waals surface area contributed by atoms with Gasteiger partial charge in [-0.05, 0) is 134 Å². The SMILES string of the molecule is CC(=O)O.Nc1ccc(-c2ccc(N)cc2-c2ccc3c4ccccc4c4ccccc4c3c2)c(-c2ccc3c4ccccc4c4ccccc4c3c2)c1.[Pd]. The van der Waals surface area contributed by atoms with Crippen LogP contribution in [0.25, 0.3) is 98.0 Å². The van der Waals surface area contributed by atoms with Crippen LogP contribution < -0.4 is 11.5 Å². The standard InChI is InChI=1S/C48H32N2.C2H4O2.Pd/c49-31-19-23-41(45(27-31)29-17-21-43-37-13-3-1-9-33(37)35-11-5-7-15-39(35)47(43)25-29)42-24-20-32(50)28-46(42)30-18-22-44-38-14-4-2-10-34(38)36-12-6-8-16-40(36)48(44)26-30;1-2(3)4;/h1-28H,49-50H2;1H3,(H,3,4);. The minimum absolute atomic E-state index is 0. The summed E-state index contributed by atoms with van der Waals surface area (Å²) < 4.78 is 0. The van der Waals surface area contributed by atoms with Crippen molar-refractivity contribution in [3.05, 3.63) is 170 Å². The molecule has 0 radical (unpaired) electrons. The van der Waals surface area contributed by atoms with E-state index >= 15 is 0 Å². The number of aliphatic carboxylic acids is 1. The van der Waals surface area contributed by atoms with Crippen LogP contribution in [0.5, 0.6) is 0 Å². The van der Waals surface area contributed by atoms with E-state index in [-0.39, 0.29) is 20.4 Å². The van der Waals surface area contributed by atoms with Crippen molar-refractivity contribution >= 4 is 82.0 Å². The Morgan fingerprint density at radius 3 is 0.909 bits per heavy atom. The number of rotatable bonds is 3. The van der Waals surface area contributed by atoms with Gasteiger partial charge in [-0.25, -0.2) is 0 Å². The number of hydrogen-bond acceptors (Lipinski definition) is 3. The molecule has 4 nitrogen and oxygen atoms in total. The second-order valence-corrected chi connectivity index (χ2v) is 13.8. The Morgan fingerprint density at radius 2 is 0.618 bits per heavy atom. The first-order valence-corrected chi connectivity index (χ1v) is 18.0. The molecule has 268 valence electrons. The van der Waals surface area contributed by atoms with Gasteiger partial charge in [0.1, 0.15) is 0 Å². The monoisotopic (exact) mass is 802 g/mol. The molecule has 0 aliphatic carbocycles. The summed E-state index contributed by atoms with van der Waals surface area (Å²) >= 11 is 0. The smallest absolute Gasteiger partial charge is 0.300 e. The van der Waals surface area contributed by atoms with E-state index in [4.69, 9.17) is 21.4 Å². The zero-order valence-electron chi connectivity index (χ0n) is 30.0. The van der Waals surface area contributed by atoms with Crippen molar-refractivity contribution in [1.29, 1.82) is 0 Å². The first kappa shape index (κ1) is 35.5. The Balaban J connectivity index is 0.000000817. The van der Waals surface area contributed by atoms with Crippen LogP contribution >= 0.6 is 0 Å². The molecule has 0 fully saturated rings. The first-order valence-electron chi connectivity index (χ1n) is 18.0. The Kier molecular flexibility index (Phi) is 9.29. The summed E-state index contributed by atoms with van der Waals surface area (Å²) in [6.07, 6.45) is 0. The van der Waals surface area contributed by atoms with Gasteiger partial charge in [0, 0.05) is 38.7 Å². The van der Waals surface area contributed by atoms with Crippen molar-refractivity contribution in [1.82, 2.24) is 0 Å². The zero-order chi connectivity index (χ0) is 36.9. The third-order valence-electron chi connectivity index (χ3n) is 10.5. The summed E-state index contributed by atoms with van der Waals surface area (Å²) in [7, 11) is 0. The van der Waals surface area contributed by atoms with E-state index < -0.39 is 5.97 Å². The van der Waals surface area contributed by atoms with Gasteiger partial charge in [-0.15, -0.1) is 0 Å². The van der Waals surface area contributed by atoms with E-state index in [1.807, 2.05) is 12.1 Å². The molecule has 5 heteroatoms. The molecule has 0 aliphatic rings. The molecule has 0 amide bonds. The van der Waals surface area contributed by atoms with Crippen molar-refractivity contribution in [2.75, 3.05) is 11.5 Å². The maximum Gasteiger partial charge on any atom is 0.300 e. The largest absolute Gasteiger partial charge is 0.481 e. The Labute approximate surface area is 332 Å². The molecule has 10 aromatic rings. The predicted molar refractivity (Wildman–Crippen MR) is 230 cm³/mol. The van der Waals surface area contributed by atoms with Crippen LogP contribution in [0.4, 0.5) is 11.4 Å². The van der Waals surface area contributed by atoms with Gasteiger partial charge in [0.25, 0.3) is 5.97 Å². The molecule has 10 rings (SSSR count). The first-order chi connectivity index (χ1) is 26.4. The Morgan fingerprint density at radius 1 is 0.364 bits per heavy atom. The molecular weight excluding hydrogens is 767 g/mol. The second kappa shape index (κ2) is 14.4. The molecule has 10 aromatic carbocycles.